The van der Waals surface area contributed by atoms with Crippen LogP contribution < -0.4 is 0 Å². The van der Waals surface area contributed by atoms with Gasteiger partial charge in [0.2, 0.25) is 0 Å². The fourth-order valence-corrected chi connectivity index (χ4v) is 3.64. The molecule has 0 aliphatic heterocycles. The maximum absolute atomic E-state index is 11.5. The van der Waals surface area contributed by atoms with Crippen molar-refractivity contribution >= 4 is 32.4 Å². The number of nitrogens with zero attached hydrogens (tertiary/aromatic N) is 1. The van der Waals surface area contributed by atoms with Gasteiger partial charge in [0.1, 0.15) is 0 Å². The van der Waals surface area contributed by atoms with E-state index < -0.39 is 5.97 Å². The third-order valence-electron chi connectivity index (χ3n) is 3.88. The SMILES string of the molecule is COC(=O)/C=C/[C@@H](c1ccccc1)c1cccc2sc([N+](=O)[O-])cc12. The molecule has 5 nitrogen and oxygen atoms in total. The predicted octanol–water partition coefficient (Wildman–Crippen LogP) is 4.67. The molecule has 0 amide bonds. The summed E-state index contributed by atoms with van der Waals surface area (Å²) in [6.07, 6.45) is 3.15. The molecule has 0 radical (unpaired) electrons. The highest BCUT2D eigenvalue weighted by atomic mass is 32.1. The summed E-state index contributed by atoms with van der Waals surface area (Å²) in [5.41, 5.74) is 1.90. The average Bonchev–Trinajstić information content (AvgIpc) is 3.08. The molecular weight excluding hydrogens is 338 g/mol. The Balaban J connectivity index is 2.16. The first kappa shape index (κ1) is 16.9. The van der Waals surface area contributed by atoms with Gasteiger partial charge in [0, 0.05) is 28.1 Å². The van der Waals surface area contributed by atoms with Crippen molar-refractivity contribution in [1.82, 2.24) is 0 Å². The highest BCUT2D eigenvalue weighted by Crippen LogP contribution is 2.38. The molecule has 6 heteroatoms. The highest BCUT2D eigenvalue weighted by Gasteiger charge is 2.19. The van der Waals surface area contributed by atoms with E-state index in [1.54, 1.807) is 12.1 Å². The molecule has 0 bridgehead atoms. The fourth-order valence-electron chi connectivity index (χ4n) is 2.73. The second-order valence-electron chi connectivity index (χ2n) is 5.37. The molecule has 0 spiro atoms. The lowest BCUT2D eigenvalue weighted by Gasteiger charge is -2.15. The third kappa shape index (κ3) is 3.59. The first-order valence-corrected chi connectivity index (χ1v) is 8.39. The van der Waals surface area contributed by atoms with Crippen molar-refractivity contribution in [3.63, 3.8) is 0 Å². The van der Waals surface area contributed by atoms with Gasteiger partial charge in [0.25, 0.3) is 0 Å². The summed E-state index contributed by atoms with van der Waals surface area (Å²) in [4.78, 5) is 22.3. The van der Waals surface area contributed by atoms with E-state index in [9.17, 15) is 14.9 Å². The summed E-state index contributed by atoms with van der Waals surface area (Å²) < 4.78 is 5.53. The van der Waals surface area contributed by atoms with Crippen molar-refractivity contribution in [2.75, 3.05) is 7.11 Å². The van der Waals surface area contributed by atoms with Crippen LogP contribution in [0, 0.1) is 10.1 Å². The van der Waals surface area contributed by atoms with E-state index in [-0.39, 0.29) is 15.8 Å². The van der Waals surface area contributed by atoms with Crippen molar-refractivity contribution in [2.45, 2.75) is 5.92 Å². The molecule has 0 N–H and O–H groups in total. The van der Waals surface area contributed by atoms with E-state index in [0.29, 0.717) is 0 Å². The van der Waals surface area contributed by atoms with Gasteiger partial charge in [-0.25, -0.2) is 4.79 Å². The lowest BCUT2D eigenvalue weighted by molar-refractivity contribution is -0.380. The number of hydrogen-bond acceptors (Lipinski definition) is 5. The molecule has 0 aliphatic carbocycles. The Hall–Kier alpha value is -2.99. The monoisotopic (exact) mass is 353 g/mol. The van der Waals surface area contributed by atoms with E-state index in [1.165, 1.54) is 13.2 Å². The minimum absolute atomic E-state index is 0.103. The van der Waals surface area contributed by atoms with Crippen LogP contribution in [0.3, 0.4) is 0 Å². The Morgan fingerprint density at radius 2 is 1.96 bits per heavy atom. The topological polar surface area (TPSA) is 69.4 Å². The smallest absolute Gasteiger partial charge is 0.330 e. The highest BCUT2D eigenvalue weighted by molar-refractivity contribution is 7.22. The van der Waals surface area contributed by atoms with Crippen LogP contribution in [0.25, 0.3) is 10.1 Å². The van der Waals surface area contributed by atoms with Crippen LogP contribution in [0.2, 0.25) is 0 Å². The van der Waals surface area contributed by atoms with Gasteiger partial charge >= 0.3 is 11.0 Å². The van der Waals surface area contributed by atoms with Gasteiger partial charge in [0.15, 0.2) is 0 Å². The molecule has 0 fully saturated rings. The number of thiophene rings is 1. The molecule has 1 atom stereocenters. The van der Waals surface area contributed by atoms with Crippen molar-refractivity contribution < 1.29 is 14.5 Å². The molecule has 3 aromatic rings. The number of ether oxygens (including phenoxy) is 1. The van der Waals surface area contributed by atoms with Crippen molar-refractivity contribution in [1.29, 1.82) is 0 Å². The summed E-state index contributed by atoms with van der Waals surface area (Å²) in [6.45, 7) is 0. The molecule has 0 saturated heterocycles. The van der Waals surface area contributed by atoms with Crippen molar-refractivity contribution in [2.24, 2.45) is 0 Å². The molecule has 0 saturated carbocycles. The first-order chi connectivity index (χ1) is 12.1. The standard InChI is InChI=1S/C19H15NO4S/c1-24-19(21)11-10-14(13-6-3-2-4-7-13)15-8-5-9-17-16(15)12-18(25-17)20(22)23/h2-12,14H,1H3/b11-10+/t14-/m0/s1. The second kappa shape index (κ2) is 7.27. The molecular formula is C19H15NO4S. The quantitative estimate of drug-likeness (QED) is 0.289. The van der Waals surface area contributed by atoms with E-state index in [1.807, 2.05) is 48.5 Å². The van der Waals surface area contributed by atoms with Crippen LogP contribution in [0.1, 0.15) is 17.0 Å². The number of esters is 1. The van der Waals surface area contributed by atoms with E-state index in [2.05, 4.69) is 4.74 Å². The number of fused-ring (bicyclic) bond motifs is 1. The van der Waals surface area contributed by atoms with Gasteiger partial charge in [-0.05, 0) is 17.2 Å². The molecule has 0 unspecified atom stereocenters. The second-order valence-corrected chi connectivity index (χ2v) is 6.43. The number of carbonyl (C=O) groups is 1. The van der Waals surface area contributed by atoms with Gasteiger partial charge in [0.05, 0.1) is 12.0 Å². The van der Waals surface area contributed by atoms with Gasteiger partial charge < -0.3 is 4.74 Å². The van der Waals surface area contributed by atoms with E-state index >= 15 is 0 Å². The maximum atomic E-state index is 11.5. The minimum atomic E-state index is -0.440. The molecule has 126 valence electrons. The predicted molar refractivity (Wildman–Crippen MR) is 97.9 cm³/mol. The molecule has 2 aromatic carbocycles. The number of allylic oxidation sites excluding steroid dienone is 1. The van der Waals surface area contributed by atoms with Gasteiger partial charge in [-0.1, -0.05) is 59.9 Å². The molecule has 0 aliphatic rings. The van der Waals surface area contributed by atoms with Crippen LogP contribution in [0.5, 0.6) is 0 Å². The number of hydrogen-bond donors (Lipinski definition) is 0. The Labute approximate surface area is 148 Å². The zero-order chi connectivity index (χ0) is 17.8. The summed E-state index contributed by atoms with van der Waals surface area (Å²) in [5.74, 6) is -0.650. The summed E-state index contributed by atoms with van der Waals surface area (Å²) in [5, 5.41) is 12.0. The largest absolute Gasteiger partial charge is 0.466 e. The lowest BCUT2D eigenvalue weighted by Crippen LogP contribution is -2.01. The molecule has 1 heterocycles. The number of methoxy groups -OCH3 is 1. The summed E-state index contributed by atoms with van der Waals surface area (Å²) in [6, 6.07) is 16.9. The number of rotatable bonds is 5. The number of carbonyl (C=O) groups excluding carboxylic acids is 1. The molecule has 3 rings (SSSR count). The Morgan fingerprint density at radius 1 is 1.20 bits per heavy atom. The number of benzene rings is 2. The third-order valence-corrected chi connectivity index (χ3v) is 4.93. The average molecular weight is 353 g/mol. The zero-order valence-corrected chi connectivity index (χ0v) is 14.2. The zero-order valence-electron chi connectivity index (χ0n) is 13.4. The molecule has 25 heavy (non-hydrogen) atoms. The van der Waals surface area contributed by atoms with Crippen LogP contribution >= 0.6 is 11.3 Å². The summed E-state index contributed by atoms with van der Waals surface area (Å²) in [7, 11) is 1.33. The van der Waals surface area contributed by atoms with Crippen LogP contribution in [0.4, 0.5) is 5.00 Å². The van der Waals surface area contributed by atoms with Crippen LogP contribution in [-0.2, 0) is 9.53 Å². The fraction of sp³-hybridized carbons (Fsp3) is 0.105. The minimum Gasteiger partial charge on any atom is -0.466 e. The summed E-state index contributed by atoms with van der Waals surface area (Å²) >= 11 is 1.15. The van der Waals surface area contributed by atoms with Crippen molar-refractivity contribution in [3.8, 4) is 0 Å². The Kier molecular flexibility index (Phi) is 4.90. The van der Waals surface area contributed by atoms with Crippen LogP contribution in [-0.4, -0.2) is 18.0 Å². The number of nitro groups is 1. The lowest BCUT2D eigenvalue weighted by atomic mass is 9.89. The van der Waals surface area contributed by atoms with Gasteiger partial charge in [-0.2, -0.15) is 0 Å². The normalized spacial score (nSPS) is 12.4. The molecule has 1 aromatic heterocycles. The Morgan fingerprint density at radius 3 is 2.64 bits per heavy atom. The van der Waals surface area contributed by atoms with Crippen molar-refractivity contribution in [3.05, 3.63) is 88.0 Å². The maximum Gasteiger partial charge on any atom is 0.330 e. The van der Waals surface area contributed by atoms with Gasteiger partial charge in [-0.15, -0.1) is 0 Å². The Bertz CT molecular complexity index is 946. The van der Waals surface area contributed by atoms with E-state index in [0.717, 1.165) is 32.5 Å². The van der Waals surface area contributed by atoms with E-state index in [4.69, 9.17) is 0 Å². The first-order valence-electron chi connectivity index (χ1n) is 7.58. The van der Waals surface area contributed by atoms with Gasteiger partial charge in [-0.3, -0.25) is 10.1 Å². The van der Waals surface area contributed by atoms with Crippen LogP contribution in [0.15, 0.2) is 66.7 Å².